The van der Waals surface area contributed by atoms with Gasteiger partial charge in [0, 0.05) is 13.1 Å². The molecule has 3 N–H and O–H groups in total. The molecule has 0 bridgehead atoms. The largest absolute Gasteiger partial charge is 0.506 e. The fraction of sp³-hybridized carbons (Fsp3) is 0.250. The first kappa shape index (κ1) is 6.34. The third kappa shape index (κ3) is 0.981. The normalized spacial score (nSPS) is 14.5. The van der Waals surface area contributed by atoms with Gasteiger partial charge < -0.3 is 15.7 Å². The molecule has 0 aromatic heterocycles. The van der Waals surface area contributed by atoms with Crippen LogP contribution in [-0.4, -0.2) is 18.2 Å². The topological polar surface area (TPSA) is 44.3 Å². The molecule has 2 rings (SSSR count). The summed E-state index contributed by atoms with van der Waals surface area (Å²) < 4.78 is 0. The number of hydrogen-bond donors (Lipinski definition) is 3. The second-order valence-corrected chi connectivity index (χ2v) is 2.55. The lowest BCUT2D eigenvalue weighted by Crippen LogP contribution is -2.20. The number of hydrogen-bond acceptors (Lipinski definition) is 3. The molecule has 0 radical (unpaired) electrons. The Morgan fingerprint density at radius 1 is 1.18 bits per heavy atom. The Morgan fingerprint density at radius 3 is 2.82 bits per heavy atom. The van der Waals surface area contributed by atoms with Gasteiger partial charge in [0.15, 0.2) is 0 Å². The van der Waals surface area contributed by atoms with Crippen molar-refractivity contribution in [3.05, 3.63) is 18.2 Å². The van der Waals surface area contributed by atoms with Gasteiger partial charge in [-0.2, -0.15) is 0 Å². The minimum atomic E-state index is 0.315. The summed E-state index contributed by atoms with van der Waals surface area (Å²) in [6, 6.07) is 5.45. The van der Waals surface area contributed by atoms with E-state index in [1.54, 1.807) is 6.07 Å². The Labute approximate surface area is 65.0 Å². The quantitative estimate of drug-likeness (QED) is 0.487. The van der Waals surface area contributed by atoms with Crippen LogP contribution in [0, 0.1) is 0 Å². The number of fused-ring (bicyclic) bond motifs is 1. The zero-order chi connectivity index (χ0) is 7.68. The summed E-state index contributed by atoms with van der Waals surface area (Å²) in [7, 11) is 0. The van der Waals surface area contributed by atoms with E-state index in [0.717, 1.165) is 24.5 Å². The van der Waals surface area contributed by atoms with Gasteiger partial charge in [-0.15, -0.1) is 0 Å². The molecule has 1 aromatic carbocycles. The van der Waals surface area contributed by atoms with Crippen LogP contribution in [0.25, 0.3) is 0 Å². The number of para-hydroxylation sites is 1. The van der Waals surface area contributed by atoms with Crippen molar-refractivity contribution >= 4 is 11.4 Å². The van der Waals surface area contributed by atoms with Gasteiger partial charge in [0.1, 0.15) is 11.4 Å². The lowest BCUT2D eigenvalue weighted by atomic mass is 10.2. The van der Waals surface area contributed by atoms with Gasteiger partial charge in [-0.25, -0.2) is 0 Å². The third-order valence-electron chi connectivity index (χ3n) is 1.78. The monoisotopic (exact) mass is 150 g/mol. The number of anilines is 2. The van der Waals surface area contributed by atoms with Crippen LogP contribution in [0.2, 0.25) is 0 Å². The molecule has 1 heterocycles. The van der Waals surface area contributed by atoms with Crippen molar-refractivity contribution < 1.29 is 5.11 Å². The average Bonchev–Trinajstić information content (AvgIpc) is 2.06. The van der Waals surface area contributed by atoms with Crippen LogP contribution in [0.3, 0.4) is 0 Å². The molecule has 0 aliphatic carbocycles. The molecule has 3 heteroatoms. The number of phenolic OH excluding ortho intramolecular Hbond substituents is 1. The summed E-state index contributed by atoms with van der Waals surface area (Å²) in [5.74, 6) is 0.315. The molecule has 0 fully saturated rings. The zero-order valence-electron chi connectivity index (χ0n) is 6.09. The van der Waals surface area contributed by atoms with Gasteiger partial charge in [0.2, 0.25) is 0 Å². The van der Waals surface area contributed by atoms with Crippen LogP contribution in [-0.2, 0) is 0 Å². The molecule has 1 aliphatic heterocycles. The highest BCUT2D eigenvalue weighted by Crippen LogP contribution is 2.32. The zero-order valence-corrected chi connectivity index (χ0v) is 6.09. The van der Waals surface area contributed by atoms with E-state index < -0.39 is 0 Å². The van der Waals surface area contributed by atoms with Gasteiger partial charge in [-0.3, -0.25) is 0 Å². The predicted octanol–water partition coefficient (Wildman–Crippen LogP) is 1.23. The number of nitrogens with one attached hydrogen (secondary N) is 2. The standard InChI is InChI=1S/C8H10N2O/c11-7-3-1-2-6-8(7)10-5-4-9-6/h1-3,9-11H,4-5H2. The third-order valence-corrected chi connectivity index (χ3v) is 1.78. The smallest absolute Gasteiger partial charge is 0.140 e. The van der Waals surface area contributed by atoms with Crippen LogP contribution < -0.4 is 10.6 Å². The maximum atomic E-state index is 9.35. The van der Waals surface area contributed by atoms with Crippen LogP contribution in [0.15, 0.2) is 18.2 Å². The van der Waals surface area contributed by atoms with Gasteiger partial charge in [0.25, 0.3) is 0 Å². The first-order valence-corrected chi connectivity index (χ1v) is 3.67. The fourth-order valence-electron chi connectivity index (χ4n) is 1.26. The van der Waals surface area contributed by atoms with Crippen molar-refractivity contribution in [2.45, 2.75) is 0 Å². The molecule has 0 spiro atoms. The second-order valence-electron chi connectivity index (χ2n) is 2.55. The molecule has 3 nitrogen and oxygen atoms in total. The fourth-order valence-corrected chi connectivity index (χ4v) is 1.26. The molecule has 1 aromatic rings. The number of aromatic hydroxyl groups is 1. The lowest BCUT2D eigenvalue weighted by molar-refractivity contribution is 0.477. The van der Waals surface area contributed by atoms with E-state index in [0.29, 0.717) is 5.75 Å². The second kappa shape index (κ2) is 2.34. The van der Waals surface area contributed by atoms with Crippen molar-refractivity contribution in [2.75, 3.05) is 23.7 Å². The summed E-state index contributed by atoms with van der Waals surface area (Å²) in [6.45, 7) is 1.78. The first-order chi connectivity index (χ1) is 5.38. The highest BCUT2D eigenvalue weighted by atomic mass is 16.3. The highest BCUT2D eigenvalue weighted by Gasteiger charge is 2.09. The highest BCUT2D eigenvalue weighted by molar-refractivity contribution is 5.76. The molecule has 0 amide bonds. The van der Waals surface area contributed by atoms with Crippen LogP contribution in [0.1, 0.15) is 0 Å². The summed E-state index contributed by atoms with van der Waals surface area (Å²) in [4.78, 5) is 0. The molecule has 0 saturated heterocycles. The van der Waals surface area contributed by atoms with E-state index >= 15 is 0 Å². The van der Waals surface area contributed by atoms with E-state index in [1.807, 2.05) is 12.1 Å². The van der Waals surface area contributed by atoms with Crippen molar-refractivity contribution in [3.63, 3.8) is 0 Å². The SMILES string of the molecule is Oc1cccc2c1NCCN2. The van der Waals surface area contributed by atoms with E-state index in [9.17, 15) is 5.11 Å². The lowest BCUT2D eigenvalue weighted by Gasteiger charge is -2.20. The van der Waals surface area contributed by atoms with E-state index in [1.165, 1.54) is 0 Å². The van der Waals surface area contributed by atoms with Gasteiger partial charge >= 0.3 is 0 Å². The number of benzene rings is 1. The molecular formula is C8H10N2O. The van der Waals surface area contributed by atoms with Crippen LogP contribution >= 0.6 is 0 Å². The van der Waals surface area contributed by atoms with E-state index in [4.69, 9.17) is 0 Å². The van der Waals surface area contributed by atoms with Crippen LogP contribution in [0.4, 0.5) is 11.4 Å². The van der Waals surface area contributed by atoms with Crippen molar-refractivity contribution in [2.24, 2.45) is 0 Å². The Balaban J connectivity index is 2.49. The summed E-state index contributed by atoms with van der Waals surface area (Å²) in [5.41, 5.74) is 1.80. The number of phenols is 1. The Hall–Kier alpha value is -1.38. The molecule has 58 valence electrons. The molecule has 0 saturated carbocycles. The molecule has 0 atom stereocenters. The average molecular weight is 150 g/mol. The van der Waals surface area contributed by atoms with Gasteiger partial charge in [-0.1, -0.05) is 6.07 Å². The summed E-state index contributed by atoms with van der Waals surface area (Å²) in [5, 5.41) is 15.7. The van der Waals surface area contributed by atoms with E-state index in [-0.39, 0.29) is 0 Å². The summed E-state index contributed by atoms with van der Waals surface area (Å²) in [6.07, 6.45) is 0. The van der Waals surface area contributed by atoms with Crippen molar-refractivity contribution in [3.8, 4) is 5.75 Å². The first-order valence-electron chi connectivity index (χ1n) is 3.67. The molecule has 11 heavy (non-hydrogen) atoms. The van der Waals surface area contributed by atoms with Gasteiger partial charge in [-0.05, 0) is 12.1 Å². The minimum absolute atomic E-state index is 0.315. The van der Waals surface area contributed by atoms with Crippen molar-refractivity contribution in [1.29, 1.82) is 0 Å². The molecule has 1 aliphatic rings. The number of rotatable bonds is 0. The molecule has 0 unspecified atom stereocenters. The maximum absolute atomic E-state index is 9.35. The maximum Gasteiger partial charge on any atom is 0.140 e. The van der Waals surface area contributed by atoms with Crippen molar-refractivity contribution in [1.82, 2.24) is 0 Å². The Bertz CT molecular complexity index is 273. The summed E-state index contributed by atoms with van der Waals surface area (Å²) >= 11 is 0. The van der Waals surface area contributed by atoms with E-state index in [2.05, 4.69) is 10.6 Å². The Kier molecular flexibility index (Phi) is 1.35. The van der Waals surface area contributed by atoms with Gasteiger partial charge in [0.05, 0.1) is 5.69 Å². The minimum Gasteiger partial charge on any atom is -0.506 e. The van der Waals surface area contributed by atoms with Crippen LogP contribution in [0.5, 0.6) is 5.75 Å². The predicted molar refractivity (Wildman–Crippen MR) is 45.1 cm³/mol. The Morgan fingerprint density at radius 2 is 2.00 bits per heavy atom. The molecular weight excluding hydrogens is 140 g/mol.